The number of urea groups is 1. The van der Waals surface area contributed by atoms with Gasteiger partial charge in [-0.15, -0.1) is 0 Å². The summed E-state index contributed by atoms with van der Waals surface area (Å²) in [6.07, 6.45) is 4.45. The topological polar surface area (TPSA) is 41.6 Å². The zero-order chi connectivity index (χ0) is 14.7. The first-order valence-electron chi connectivity index (χ1n) is 7.99. The van der Waals surface area contributed by atoms with Crippen LogP contribution in [0.4, 0.5) is 4.79 Å². The third kappa shape index (κ3) is 3.31. The van der Waals surface area contributed by atoms with Gasteiger partial charge >= 0.3 is 6.03 Å². The molecule has 2 atom stereocenters. The van der Waals surface area contributed by atoms with Gasteiger partial charge in [0.2, 0.25) is 0 Å². The molecule has 21 heavy (non-hydrogen) atoms. The van der Waals surface area contributed by atoms with Crippen LogP contribution in [0.3, 0.4) is 0 Å². The molecule has 2 aliphatic heterocycles. The quantitative estimate of drug-likeness (QED) is 0.909. The normalized spacial score (nSPS) is 24.9. The Balaban J connectivity index is 1.51. The highest BCUT2D eigenvalue weighted by Crippen LogP contribution is 2.26. The highest BCUT2D eigenvalue weighted by atomic mass is 16.5. The van der Waals surface area contributed by atoms with E-state index in [-0.39, 0.29) is 6.03 Å². The number of fused-ring (bicyclic) bond motifs is 1. The van der Waals surface area contributed by atoms with E-state index in [9.17, 15) is 4.79 Å². The van der Waals surface area contributed by atoms with Crippen LogP contribution in [0.15, 0.2) is 24.3 Å². The van der Waals surface area contributed by atoms with E-state index < -0.39 is 0 Å². The summed E-state index contributed by atoms with van der Waals surface area (Å²) in [6.45, 7) is 4.40. The lowest BCUT2D eigenvalue weighted by Crippen LogP contribution is -2.49. The number of amides is 2. The molecule has 0 aliphatic carbocycles. The number of nitrogens with zero attached hydrogens (tertiary/aromatic N) is 1. The maximum Gasteiger partial charge on any atom is 0.317 e. The predicted molar refractivity (Wildman–Crippen MR) is 82.5 cm³/mol. The van der Waals surface area contributed by atoms with Crippen molar-refractivity contribution in [2.75, 3.05) is 19.7 Å². The molecule has 2 amide bonds. The number of carbonyl (C=O) groups is 1. The van der Waals surface area contributed by atoms with Crippen molar-refractivity contribution in [3.05, 3.63) is 29.8 Å². The summed E-state index contributed by atoms with van der Waals surface area (Å²) in [4.78, 5) is 14.2. The minimum Gasteiger partial charge on any atom is -0.493 e. The molecular formula is C17H24N2O2. The summed E-state index contributed by atoms with van der Waals surface area (Å²) in [5.74, 6) is 1.36. The van der Waals surface area contributed by atoms with Gasteiger partial charge in [0, 0.05) is 25.0 Å². The lowest BCUT2D eigenvalue weighted by atomic mass is 9.97. The van der Waals surface area contributed by atoms with Crippen molar-refractivity contribution in [2.24, 2.45) is 5.92 Å². The average molecular weight is 288 g/mol. The number of likely N-dealkylation sites (tertiary alicyclic amines) is 1. The largest absolute Gasteiger partial charge is 0.493 e. The third-order valence-electron chi connectivity index (χ3n) is 4.56. The van der Waals surface area contributed by atoms with Gasteiger partial charge in [-0.3, -0.25) is 0 Å². The van der Waals surface area contributed by atoms with Crippen molar-refractivity contribution in [2.45, 2.75) is 38.6 Å². The van der Waals surface area contributed by atoms with E-state index in [1.54, 1.807) is 0 Å². The van der Waals surface area contributed by atoms with Gasteiger partial charge in [0.05, 0.1) is 6.61 Å². The van der Waals surface area contributed by atoms with Crippen LogP contribution < -0.4 is 10.1 Å². The zero-order valence-electron chi connectivity index (χ0n) is 12.7. The summed E-state index contributed by atoms with van der Waals surface area (Å²) in [7, 11) is 0. The lowest BCUT2D eigenvalue weighted by Gasteiger charge is -2.34. The maximum absolute atomic E-state index is 12.3. The van der Waals surface area contributed by atoms with Crippen molar-refractivity contribution in [3.63, 3.8) is 0 Å². The Hall–Kier alpha value is -1.71. The van der Waals surface area contributed by atoms with E-state index in [4.69, 9.17) is 4.74 Å². The first kappa shape index (κ1) is 14.2. The Morgan fingerprint density at radius 2 is 2.24 bits per heavy atom. The molecule has 0 bridgehead atoms. The third-order valence-corrected chi connectivity index (χ3v) is 4.56. The first-order valence-corrected chi connectivity index (χ1v) is 7.99. The standard InChI is InChI=1S/C17H24N2O2/c1-13-6-4-5-9-19(13)17(20)18-11-14-10-15-7-2-3-8-16(15)21-12-14/h2-3,7-8,13-14H,4-6,9-12H2,1H3,(H,18,20). The van der Waals surface area contributed by atoms with Crippen LogP contribution in [0.5, 0.6) is 5.75 Å². The van der Waals surface area contributed by atoms with Crippen molar-refractivity contribution < 1.29 is 9.53 Å². The van der Waals surface area contributed by atoms with Crippen LogP contribution >= 0.6 is 0 Å². The summed E-state index contributed by atoms with van der Waals surface area (Å²) in [6, 6.07) is 8.61. The van der Waals surface area contributed by atoms with Gasteiger partial charge in [-0.1, -0.05) is 18.2 Å². The molecule has 1 aromatic rings. The molecule has 4 heteroatoms. The second-order valence-corrected chi connectivity index (χ2v) is 6.21. The number of hydrogen-bond donors (Lipinski definition) is 1. The molecule has 1 saturated heterocycles. The van der Waals surface area contributed by atoms with E-state index in [2.05, 4.69) is 18.3 Å². The molecule has 0 saturated carbocycles. The molecule has 2 heterocycles. The maximum atomic E-state index is 12.3. The molecular weight excluding hydrogens is 264 g/mol. The Morgan fingerprint density at radius 3 is 3.10 bits per heavy atom. The van der Waals surface area contributed by atoms with Gasteiger partial charge in [-0.25, -0.2) is 4.79 Å². The van der Waals surface area contributed by atoms with Crippen LogP contribution in [0.25, 0.3) is 0 Å². The Kier molecular flexibility index (Phi) is 4.32. The molecule has 1 N–H and O–H groups in total. The van der Waals surface area contributed by atoms with Gasteiger partial charge in [-0.05, 0) is 44.2 Å². The number of hydrogen-bond acceptors (Lipinski definition) is 2. The number of para-hydroxylation sites is 1. The number of piperidine rings is 1. The highest BCUT2D eigenvalue weighted by Gasteiger charge is 2.25. The smallest absolute Gasteiger partial charge is 0.317 e. The van der Waals surface area contributed by atoms with Crippen LogP contribution in [-0.4, -0.2) is 36.7 Å². The van der Waals surface area contributed by atoms with Gasteiger partial charge in [0.25, 0.3) is 0 Å². The predicted octanol–water partition coefficient (Wildman–Crippen LogP) is 2.82. The molecule has 0 radical (unpaired) electrons. The lowest BCUT2D eigenvalue weighted by molar-refractivity contribution is 0.153. The Morgan fingerprint density at radius 1 is 1.38 bits per heavy atom. The molecule has 0 aromatic heterocycles. The molecule has 2 aliphatic rings. The van der Waals surface area contributed by atoms with Crippen molar-refractivity contribution in [1.82, 2.24) is 10.2 Å². The number of nitrogens with one attached hydrogen (secondary N) is 1. The summed E-state index contributed by atoms with van der Waals surface area (Å²) < 4.78 is 5.77. The molecule has 114 valence electrons. The van der Waals surface area contributed by atoms with E-state index in [0.717, 1.165) is 31.6 Å². The minimum atomic E-state index is 0.0843. The minimum absolute atomic E-state index is 0.0843. The molecule has 1 fully saturated rings. The molecule has 1 aromatic carbocycles. The van der Waals surface area contributed by atoms with Crippen LogP contribution in [0, 0.1) is 5.92 Å². The fraction of sp³-hybridized carbons (Fsp3) is 0.588. The van der Waals surface area contributed by atoms with E-state index in [0.29, 0.717) is 25.1 Å². The van der Waals surface area contributed by atoms with Crippen LogP contribution in [-0.2, 0) is 6.42 Å². The Labute approximate surface area is 126 Å². The summed E-state index contributed by atoms with van der Waals surface area (Å²) in [5.41, 5.74) is 1.24. The Bertz CT molecular complexity index is 503. The average Bonchev–Trinajstić information content (AvgIpc) is 2.53. The van der Waals surface area contributed by atoms with E-state index in [1.807, 2.05) is 23.1 Å². The number of rotatable bonds is 2. The van der Waals surface area contributed by atoms with E-state index in [1.165, 1.54) is 12.0 Å². The molecule has 2 unspecified atom stereocenters. The van der Waals surface area contributed by atoms with Gasteiger partial charge in [-0.2, -0.15) is 0 Å². The number of carbonyl (C=O) groups excluding carboxylic acids is 1. The second kappa shape index (κ2) is 6.37. The first-order chi connectivity index (χ1) is 10.2. The number of ether oxygens (including phenoxy) is 1. The van der Waals surface area contributed by atoms with E-state index >= 15 is 0 Å². The molecule has 3 rings (SSSR count). The van der Waals surface area contributed by atoms with Crippen molar-refractivity contribution in [3.8, 4) is 5.75 Å². The molecule has 0 spiro atoms. The fourth-order valence-corrected chi connectivity index (χ4v) is 3.25. The summed E-state index contributed by atoms with van der Waals surface area (Å²) in [5, 5.41) is 3.09. The van der Waals surface area contributed by atoms with Crippen LogP contribution in [0.1, 0.15) is 31.7 Å². The monoisotopic (exact) mass is 288 g/mol. The van der Waals surface area contributed by atoms with Gasteiger partial charge < -0.3 is 15.0 Å². The fourth-order valence-electron chi connectivity index (χ4n) is 3.25. The summed E-state index contributed by atoms with van der Waals surface area (Å²) >= 11 is 0. The second-order valence-electron chi connectivity index (χ2n) is 6.21. The van der Waals surface area contributed by atoms with Crippen LogP contribution in [0.2, 0.25) is 0 Å². The van der Waals surface area contributed by atoms with Gasteiger partial charge in [0.1, 0.15) is 5.75 Å². The SMILES string of the molecule is CC1CCCCN1C(=O)NCC1COc2ccccc2C1. The van der Waals surface area contributed by atoms with Crippen molar-refractivity contribution in [1.29, 1.82) is 0 Å². The zero-order valence-corrected chi connectivity index (χ0v) is 12.7. The van der Waals surface area contributed by atoms with Gasteiger partial charge in [0.15, 0.2) is 0 Å². The molecule has 4 nitrogen and oxygen atoms in total. The van der Waals surface area contributed by atoms with Crippen molar-refractivity contribution >= 4 is 6.03 Å². The number of benzene rings is 1. The highest BCUT2D eigenvalue weighted by molar-refractivity contribution is 5.74.